The Balaban J connectivity index is 1.48. The Morgan fingerprint density at radius 3 is 2.37 bits per heavy atom. The van der Waals surface area contributed by atoms with Gasteiger partial charge in [0.1, 0.15) is 0 Å². The number of nitrogens with zero attached hydrogens (tertiary/aromatic N) is 4. The molecule has 2 aliphatic heterocycles. The summed E-state index contributed by atoms with van der Waals surface area (Å²) in [4.78, 5) is 35.7. The molecule has 0 aliphatic carbocycles. The number of amides is 3. The molecule has 2 saturated heterocycles. The monoisotopic (exact) mass is 497 g/mol. The molecule has 2 atom stereocenters. The largest absolute Gasteiger partial charge is 0.351 e. The van der Waals surface area contributed by atoms with Crippen molar-refractivity contribution in [2.75, 3.05) is 32.7 Å². The van der Waals surface area contributed by atoms with Crippen molar-refractivity contribution in [1.29, 1.82) is 0 Å². The summed E-state index contributed by atoms with van der Waals surface area (Å²) in [6, 6.07) is 13.8. The first-order chi connectivity index (χ1) is 16.8. The van der Waals surface area contributed by atoms with Crippen LogP contribution in [0.5, 0.6) is 0 Å². The third kappa shape index (κ3) is 6.14. The number of hydrogen-bond donors (Lipinski definition) is 1. The fourth-order valence-electron chi connectivity index (χ4n) is 5.42. The topological polar surface area (TPSA) is 82.8 Å². The molecule has 7 nitrogen and oxygen atoms in total. The first-order valence-electron chi connectivity index (χ1n) is 12.6. The number of piperidine rings is 1. The molecule has 3 amide bonds. The minimum Gasteiger partial charge on any atom is -0.351 e. The Morgan fingerprint density at radius 2 is 1.77 bits per heavy atom. The summed E-state index contributed by atoms with van der Waals surface area (Å²) < 4.78 is 0. The van der Waals surface area contributed by atoms with E-state index < -0.39 is 0 Å². The van der Waals surface area contributed by atoms with Gasteiger partial charge in [-0.05, 0) is 54.5 Å². The van der Waals surface area contributed by atoms with E-state index in [1.807, 2.05) is 30.5 Å². The summed E-state index contributed by atoms with van der Waals surface area (Å²) in [5.41, 5.74) is 7.56. The van der Waals surface area contributed by atoms with E-state index in [1.165, 1.54) is 0 Å². The lowest BCUT2D eigenvalue weighted by atomic mass is 9.91. The lowest BCUT2D eigenvalue weighted by Gasteiger charge is -2.46. The van der Waals surface area contributed by atoms with Crippen LogP contribution in [0.25, 0.3) is 0 Å². The quantitative estimate of drug-likeness (QED) is 0.649. The standard InChI is InChI=1S/C27H36ClN5O2/c1-19(2)24-18-32(26(23-5-3-4-12-30-23)21-6-8-22(28)9-7-21)15-16-33(24)25(34)17-20-10-13-31(14-11-20)27(29)35/h3-9,12,19-20,24,26H,10-11,13-18H2,1-2H3,(H2,29,35)/t24-,26?/m1/s1. The normalized spacial score (nSPS) is 20.7. The Morgan fingerprint density at radius 1 is 1.06 bits per heavy atom. The highest BCUT2D eigenvalue weighted by atomic mass is 35.5. The highest BCUT2D eigenvalue weighted by Crippen LogP contribution is 2.32. The molecule has 2 aliphatic rings. The summed E-state index contributed by atoms with van der Waals surface area (Å²) in [5.74, 6) is 0.856. The second kappa shape index (κ2) is 11.4. The van der Waals surface area contributed by atoms with Crippen LogP contribution in [0.2, 0.25) is 5.02 Å². The fraction of sp³-hybridized carbons (Fsp3) is 0.519. The molecular formula is C27H36ClN5O2. The number of rotatable bonds is 6. The summed E-state index contributed by atoms with van der Waals surface area (Å²) >= 11 is 6.17. The molecule has 1 aromatic heterocycles. The van der Waals surface area contributed by atoms with Crippen LogP contribution in [0.15, 0.2) is 48.7 Å². The predicted octanol–water partition coefficient (Wildman–Crippen LogP) is 4.17. The Bertz CT molecular complexity index is 992. The fourth-order valence-corrected chi connectivity index (χ4v) is 5.55. The minimum absolute atomic E-state index is 0.00472. The van der Waals surface area contributed by atoms with E-state index in [0.717, 1.165) is 37.2 Å². The maximum absolute atomic E-state index is 13.4. The molecule has 35 heavy (non-hydrogen) atoms. The molecular weight excluding hydrogens is 462 g/mol. The number of aromatic nitrogens is 1. The number of benzene rings is 1. The van der Waals surface area contributed by atoms with Gasteiger partial charge in [0.05, 0.1) is 11.7 Å². The number of carbonyl (C=O) groups is 2. The molecule has 0 spiro atoms. The predicted molar refractivity (Wildman–Crippen MR) is 138 cm³/mol. The van der Waals surface area contributed by atoms with Crippen LogP contribution in [0.3, 0.4) is 0 Å². The molecule has 4 rings (SSSR count). The van der Waals surface area contributed by atoms with Crippen molar-refractivity contribution >= 4 is 23.5 Å². The van der Waals surface area contributed by atoms with Crippen molar-refractivity contribution < 1.29 is 9.59 Å². The molecule has 2 aromatic rings. The zero-order chi connectivity index (χ0) is 24.9. The van der Waals surface area contributed by atoms with E-state index in [4.69, 9.17) is 17.3 Å². The van der Waals surface area contributed by atoms with Crippen LogP contribution in [0.1, 0.15) is 50.4 Å². The van der Waals surface area contributed by atoms with Gasteiger partial charge in [-0.2, -0.15) is 0 Å². The molecule has 3 heterocycles. The maximum Gasteiger partial charge on any atom is 0.314 e. The van der Waals surface area contributed by atoms with E-state index >= 15 is 0 Å². The van der Waals surface area contributed by atoms with Gasteiger partial charge in [0.15, 0.2) is 0 Å². The number of piperazine rings is 1. The number of nitrogens with two attached hydrogens (primary N) is 1. The van der Waals surface area contributed by atoms with Gasteiger partial charge in [0, 0.05) is 56.4 Å². The van der Waals surface area contributed by atoms with Gasteiger partial charge in [-0.3, -0.25) is 14.7 Å². The Kier molecular flexibility index (Phi) is 8.29. The van der Waals surface area contributed by atoms with Crippen LogP contribution < -0.4 is 5.73 Å². The van der Waals surface area contributed by atoms with E-state index in [0.29, 0.717) is 42.9 Å². The average Bonchev–Trinajstić information content (AvgIpc) is 2.86. The molecule has 2 N–H and O–H groups in total. The van der Waals surface area contributed by atoms with Gasteiger partial charge < -0.3 is 15.5 Å². The molecule has 0 radical (unpaired) electrons. The number of carbonyl (C=O) groups excluding carboxylic acids is 2. The second-order valence-corrected chi connectivity index (χ2v) is 10.5. The van der Waals surface area contributed by atoms with Crippen molar-refractivity contribution in [1.82, 2.24) is 19.7 Å². The lowest BCUT2D eigenvalue weighted by molar-refractivity contribution is -0.139. The zero-order valence-electron chi connectivity index (χ0n) is 20.6. The van der Waals surface area contributed by atoms with E-state index in [-0.39, 0.29) is 24.0 Å². The molecule has 1 aromatic carbocycles. The summed E-state index contributed by atoms with van der Waals surface area (Å²) in [5, 5.41) is 0.714. The molecule has 188 valence electrons. The molecule has 8 heteroatoms. The molecule has 1 unspecified atom stereocenters. The van der Waals surface area contributed by atoms with Gasteiger partial charge in [0.2, 0.25) is 5.91 Å². The number of likely N-dealkylation sites (tertiary alicyclic amines) is 1. The van der Waals surface area contributed by atoms with Crippen molar-refractivity contribution in [3.8, 4) is 0 Å². The summed E-state index contributed by atoms with van der Waals surface area (Å²) in [6.07, 6.45) is 4.04. The van der Waals surface area contributed by atoms with Crippen LogP contribution >= 0.6 is 11.6 Å². The van der Waals surface area contributed by atoms with Crippen LogP contribution in [-0.4, -0.2) is 70.4 Å². The van der Waals surface area contributed by atoms with E-state index in [2.05, 4.69) is 46.8 Å². The smallest absolute Gasteiger partial charge is 0.314 e. The summed E-state index contributed by atoms with van der Waals surface area (Å²) in [6.45, 7) is 7.92. The highest BCUT2D eigenvalue weighted by molar-refractivity contribution is 6.30. The van der Waals surface area contributed by atoms with Crippen molar-refractivity contribution in [3.63, 3.8) is 0 Å². The number of urea groups is 1. The Labute approximate surface area is 213 Å². The maximum atomic E-state index is 13.4. The first kappa shape index (κ1) is 25.5. The summed E-state index contributed by atoms with van der Waals surface area (Å²) in [7, 11) is 0. The highest BCUT2D eigenvalue weighted by Gasteiger charge is 2.37. The number of halogens is 1. The SMILES string of the molecule is CC(C)[C@H]1CN(C(c2ccc(Cl)cc2)c2ccccn2)CCN1C(=O)CC1CCN(C(N)=O)CC1. The zero-order valence-corrected chi connectivity index (χ0v) is 21.4. The minimum atomic E-state index is -0.367. The van der Waals surface area contributed by atoms with E-state index in [9.17, 15) is 9.59 Å². The van der Waals surface area contributed by atoms with Crippen LogP contribution in [0.4, 0.5) is 4.79 Å². The first-order valence-corrected chi connectivity index (χ1v) is 13.0. The van der Waals surface area contributed by atoms with Gasteiger partial charge in [-0.1, -0.05) is 43.6 Å². The third-order valence-electron chi connectivity index (χ3n) is 7.45. The molecule has 0 bridgehead atoms. The lowest BCUT2D eigenvalue weighted by Crippen LogP contribution is -2.58. The van der Waals surface area contributed by atoms with E-state index in [1.54, 1.807) is 4.90 Å². The van der Waals surface area contributed by atoms with Gasteiger partial charge >= 0.3 is 6.03 Å². The van der Waals surface area contributed by atoms with Crippen molar-refractivity contribution in [2.24, 2.45) is 17.6 Å². The van der Waals surface area contributed by atoms with Gasteiger partial charge in [-0.15, -0.1) is 0 Å². The van der Waals surface area contributed by atoms with Crippen LogP contribution in [0, 0.1) is 11.8 Å². The third-order valence-corrected chi connectivity index (χ3v) is 7.70. The number of hydrogen-bond acceptors (Lipinski definition) is 4. The average molecular weight is 498 g/mol. The number of pyridine rings is 1. The van der Waals surface area contributed by atoms with Crippen LogP contribution in [-0.2, 0) is 4.79 Å². The second-order valence-electron chi connectivity index (χ2n) is 10.1. The van der Waals surface area contributed by atoms with Gasteiger partial charge in [-0.25, -0.2) is 4.79 Å². The van der Waals surface area contributed by atoms with Crippen molar-refractivity contribution in [2.45, 2.75) is 45.2 Å². The Hall–Kier alpha value is -2.64. The van der Waals surface area contributed by atoms with Crippen molar-refractivity contribution in [3.05, 3.63) is 64.9 Å². The number of primary amides is 1. The van der Waals surface area contributed by atoms with Gasteiger partial charge in [0.25, 0.3) is 0 Å². The molecule has 0 saturated carbocycles. The molecule has 2 fully saturated rings.